The maximum Gasteiger partial charge on any atom is 0.147 e. The minimum atomic E-state index is 0.899. The molecule has 0 fully saturated rings. The molecule has 0 spiro atoms. The van der Waals surface area contributed by atoms with E-state index in [0.29, 0.717) is 0 Å². The minimum absolute atomic E-state index is 0.899. The molecule has 0 aliphatic rings. The Balaban J connectivity index is 1.92. The van der Waals surface area contributed by atoms with E-state index in [-0.39, 0.29) is 0 Å². The van der Waals surface area contributed by atoms with Gasteiger partial charge in [-0.25, -0.2) is 4.98 Å². The van der Waals surface area contributed by atoms with Gasteiger partial charge >= 0.3 is 0 Å². The van der Waals surface area contributed by atoms with Crippen molar-refractivity contribution in [2.75, 3.05) is 0 Å². The highest BCUT2D eigenvalue weighted by atomic mass is 16.3. The molecule has 4 heteroatoms. The van der Waals surface area contributed by atoms with Gasteiger partial charge in [-0.05, 0) is 41.8 Å². The number of hydrogen-bond donors (Lipinski definition) is 0. The van der Waals surface area contributed by atoms with Gasteiger partial charge in [-0.3, -0.25) is 9.38 Å². The molecule has 0 saturated heterocycles. The Kier molecular flexibility index (Phi) is 2.46. The molecule has 0 atom stereocenters. The van der Waals surface area contributed by atoms with E-state index in [2.05, 4.69) is 57.9 Å². The first-order chi connectivity index (χ1) is 13.9. The van der Waals surface area contributed by atoms with E-state index < -0.39 is 0 Å². The molecule has 0 radical (unpaired) electrons. The molecule has 4 nitrogen and oxygen atoms in total. The van der Waals surface area contributed by atoms with E-state index in [0.717, 1.165) is 54.9 Å². The highest BCUT2D eigenvalue weighted by Gasteiger charge is 2.18. The van der Waals surface area contributed by atoms with Gasteiger partial charge in [-0.15, -0.1) is 0 Å². The van der Waals surface area contributed by atoms with Gasteiger partial charge in [0.2, 0.25) is 0 Å². The van der Waals surface area contributed by atoms with E-state index >= 15 is 0 Å². The van der Waals surface area contributed by atoms with Crippen molar-refractivity contribution in [1.82, 2.24) is 14.4 Å². The first-order valence-electron chi connectivity index (χ1n) is 9.27. The Morgan fingerprint density at radius 1 is 0.679 bits per heavy atom. The van der Waals surface area contributed by atoms with Crippen LogP contribution in [0.1, 0.15) is 0 Å². The van der Waals surface area contributed by atoms with Crippen LogP contribution in [-0.4, -0.2) is 14.4 Å². The van der Waals surface area contributed by atoms with E-state index in [1.165, 1.54) is 5.39 Å². The monoisotopic (exact) mass is 359 g/mol. The Morgan fingerprint density at radius 2 is 1.57 bits per heavy atom. The molecule has 130 valence electrons. The number of benzene rings is 3. The van der Waals surface area contributed by atoms with Crippen LogP contribution in [0.15, 0.2) is 83.5 Å². The number of rotatable bonds is 0. The predicted octanol–water partition coefficient (Wildman–Crippen LogP) is 6.09. The third-order valence-electron chi connectivity index (χ3n) is 5.65. The summed E-state index contributed by atoms with van der Waals surface area (Å²) in [6, 6.07) is 22.8. The first-order valence-corrected chi connectivity index (χ1v) is 9.27. The molecule has 4 aromatic heterocycles. The summed E-state index contributed by atoms with van der Waals surface area (Å²) < 4.78 is 8.40. The molecule has 7 aromatic rings. The number of para-hydroxylation sites is 3. The summed E-state index contributed by atoms with van der Waals surface area (Å²) in [5, 5.41) is 5.64. The fraction of sp³-hybridized carbons (Fsp3) is 0. The Labute approximate surface area is 158 Å². The molecule has 0 N–H and O–H groups in total. The van der Waals surface area contributed by atoms with Crippen molar-refractivity contribution in [3.05, 3.63) is 79.1 Å². The third-order valence-corrected chi connectivity index (χ3v) is 5.65. The van der Waals surface area contributed by atoms with E-state index in [9.17, 15) is 0 Å². The second-order valence-corrected chi connectivity index (χ2v) is 7.11. The van der Waals surface area contributed by atoms with Gasteiger partial charge < -0.3 is 4.42 Å². The Bertz CT molecular complexity index is 1710. The minimum Gasteiger partial charge on any atom is -0.456 e. The molecule has 7 rings (SSSR count). The lowest BCUT2D eigenvalue weighted by molar-refractivity contribution is 0.669. The topological polar surface area (TPSA) is 43.3 Å². The SMILES string of the molecule is c1ccc2c(c1)nc1c3cnccc3c3c4c(ccc3n21)oc1ccccc14. The average Bonchev–Trinajstić information content (AvgIpc) is 3.32. The van der Waals surface area contributed by atoms with Gasteiger partial charge in [0.15, 0.2) is 0 Å². The second-order valence-electron chi connectivity index (χ2n) is 7.11. The van der Waals surface area contributed by atoms with Crippen molar-refractivity contribution in [2.45, 2.75) is 0 Å². The highest BCUT2D eigenvalue weighted by molar-refractivity contribution is 6.28. The van der Waals surface area contributed by atoms with Gasteiger partial charge in [-0.2, -0.15) is 0 Å². The summed E-state index contributed by atoms with van der Waals surface area (Å²) in [5.74, 6) is 0. The van der Waals surface area contributed by atoms with Crippen LogP contribution in [0.25, 0.3) is 60.3 Å². The summed E-state index contributed by atoms with van der Waals surface area (Å²) in [6.07, 6.45) is 3.76. The van der Waals surface area contributed by atoms with Crippen LogP contribution in [0.5, 0.6) is 0 Å². The van der Waals surface area contributed by atoms with Crippen molar-refractivity contribution in [3.8, 4) is 0 Å². The maximum absolute atomic E-state index is 6.15. The van der Waals surface area contributed by atoms with Crippen LogP contribution >= 0.6 is 0 Å². The zero-order valence-electron chi connectivity index (χ0n) is 14.8. The maximum atomic E-state index is 6.15. The summed E-state index contributed by atoms with van der Waals surface area (Å²) in [7, 11) is 0. The molecule has 0 saturated carbocycles. The van der Waals surface area contributed by atoms with Crippen molar-refractivity contribution in [3.63, 3.8) is 0 Å². The van der Waals surface area contributed by atoms with Gasteiger partial charge in [0.25, 0.3) is 0 Å². The Morgan fingerprint density at radius 3 is 2.57 bits per heavy atom. The lowest BCUT2D eigenvalue weighted by atomic mass is 10.0. The zero-order chi connectivity index (χ0) is 18.2. The van der Waals surface area contributed by atoms with Crippen LogP contribution in [0.3, 0.4) is 0 Å². The molecule has 0 amide bonds. The lowest BCUT2D eigenvalue weighted by Crippen LogP contribution is -1.92. The van der Waals surface area contributed by atoms with E-state index in [4.69, 9.17) is 9.40 Å². The molecule has 0 unspecified atom stereocenters. The normalized spacial score (nSPS) is 12.3. The number of aromatic nitrogens is 3. The fourth-order valence-electron chi connectivity index (χ4n) is 4.51. The van der Waals surface area contributed by atoms with Gasteiger partial charge in [0.05, 0.1) is 16.6 Å². The third kappa shape index (κ3) is 1.61. The molecular formula is C24H13N3O. The van der Waals surface area contributed by atoms with Crippen LogP contribution < -0.4 is 0 Å². The summed E-state index contributed by atoms with van der Waals surface area (Å²) in [6.45, 7) is 0. The smallest absolute Gasteiger partial charge is 0.147 e. The van der Waals surface area contributed by atoms with Crippen molar-refractivity contribution < 1.29 is 4.42 Å². The molecule has 4 heterocycles. The summed E-state index contributed by atoms with van der Waals surface area (Å²) in [5.41, 5.74) is 5.95. The van der Waals surface area contributed by atoms with Crippen LogP contribution in [-0.2, 0) is 0 Å². The molecule has 3 aromatic carbocycles. The molecular weight excluding hydrogens is 346 g/mol. The largest absolute Gasteiger partial charge is 0.456 e. The quantitative estimate of drug-likeness (QED) is 0.308. The zero-order valence-corrected chi connectivity index (χ0v) is 14.8. The highest BCUT2D eigenvalue weighted by Crippen LogP contribution is 2.40. The number of nitrogens with zero attached hydrogens (tertiary/aromatic N) is 3. The number of pyridine rings is 2. The van der Waals surface area contributed by atoms with Gasteiger partial charge in [0, 0.05) is 33.9 Å². The molecule has 0 aliphatic heterocycles. The number of imidazole rings is 1. The van der Waals surface area contributed by atoms with Crippen LogP contribution in [0.2, 0.25) is 0 Å². The number of furan rings is 1. The standard InChI is InChI=1S/C24H13N3O/c1-4-8-20-15(5-1)23-21(28-20)10-9-19-22(23)14-11-12-25-13-16(14)24-26-17-6-2-3-7-18(17)27(19)24/h1-13H. The molecule has 0 aliphatic carbocycles. The number of hydrogen-bond acceptors (Lipinski definition) is 3. The molecule has 28 heavy (non-hydrogen) atoms. The predicted molar refractivity (Wildman–Crippen MR) is 113 cm³/mol. The lowest BCUT2D eigenvalue weighted by Gasteiger charge is -2.09. The van der Waals surface area contributed by atoms with E-state index in [1.54, 1.807) is 0 Å². The van der Waals surface area contributed by atoms with Crippen LogP contribution in [0, 0.1) is 0 Å². The summed E-state index contributed by atoms with van der Waals surface area (Å²) in [4.78, 5) is 9.32. The van der Waals surface area contributed by atoms with Crippen molar-refractivity contribution in [1.29, 1.82) is 0 Å². The Hall–Kier alpha value is -3.92. The van der Waals surface area contributed by atoms with Gasteiger partial charge in [0.1, 0.15) is 16.8 Å². The molecule has 0 bridgehead atoms. The van der Waals surface area contributed by atoms with Crippen molar-refractivity contribution >= 4 is 60.3 Å². The van der Waals surface area contributed by atoms with Crippen molar-refractivity contribution in [2.24, 2.45) is 0 Å². The van der Waals surface area contributed by atoms with Gasteiger partial charge in [-0.1, -0.05) is 30.3 Å². The van der Waals surface area contributed by atoms with E-state index in [1.807, 2.05) is 30.6 Å². The average molecular weight is 359 g/mol. The second kappa shape index (κ2) is 4.87. The first kappa shape index (κ1) is 14.2. The number of fused-ring (bicyclic) bond motifs is 12. The summed E-state index contributed by atoms with van der Waals surface area (Å²) >= 11 is 0. The fourth-order valence-corrected chi connectivity index (χ4v) is 4.51. The van der Waals surface area contributed by atoms with Crippen LogP contribution in [0.4, 0.5) is 0 Å².